The molecule has 0 aromatic heterocycles. The molecule has 3 nitrogen and oxygen atoms in total. The Balaban J connectivity index is 2.37. The van der Waals surface area contributed by atoms with E-state index in [1.165, 1.54) is 0 Å². The average molecular weight is 296 g/mol. The molecule has 0 fully saturated rings. The summed E-state index contributed by atoms with van der Waals surface area (Å²) in [5.41, 5.74) is 1.01. The van der Waals surface area contributed by atoms with Crippen molar-refractivity contribution < 1.29 is 9.53 Å². The van der Waals surface area contributed by atoms with Gasteiger partial charge in [-0.1, -0.05) is 22.0 Å². The van der Waals surface area contributed by atoms with Gasteiger partial charge in [0.05, 0.1) is 0 Å². The maximum atomic E-state index is 12.0. The SMILES string of the molecule is C=CCN1Cc2cc(Br)ccc2OC(C)C1=O. The van der Waals surface area contributed by atoms with Crippen molar-refractivity contribution in [2.75, 3.05) is 6.54 Å². The highest BCUT2D eigenvalue weighted by atomic mass is 79.9. The number of amides is 1. The predicted molar refractivity (Wildman–Crippen MR) is 69.8 cm³/mol. The molecule has 1 unspecified atom stereocenters. The van der Waals surface area contributed by atoms with Crippen LogP contribution in [0.25, 0.3) is 0 Å². The largest absolute Gasteiger partial charge is 0.481 e. The summed E-state index contributed by atoms with van der Waals surface area (Å²) in [6.07, 6.45) is 1.28. The number of benzene rings is 1. The van der Waals surface area contributed by atoms with E-state index in [-0.39, 0.29) is 5.91 Å². The number of fused-ring (bicyclic) bond motifs is 1. The number of nitrogens with zero attached hydrogens (tertiary/aromatic N) is 1. The van der Waals surface area contributed by atoms with Gasteiger partial charge in [-0.3, -0.25) is 4.79 Å². The van der Waals surface area contributed by atoms with Crippen LogP contribution in [0.2, 0.25) is 0 Å². The molecular weight excluding hydrogens is 282 g/mol. The van der Waals surface area contributed by atoms with Gasteiger partial charge in [0.1, 0.15) is 5.75 Å². The third-order valence-electron chi connectivity index (χ3n) is 2.70. The lowest BCUT2D eigenvalue weighted by Gasteiger charge is -2.20. The third-order valence-corrected chi connectivity index (χ3v) is 3.19. The van der Waals surface area contributed by atoms with Crippen LogP contribution in [0.3, 0.4) is 0 Å². The number of hydrogen-bond donors (Lipinski definition) is 0. The molecular formula is C13H14BrNO2. The maximum Gasteiger partial charge on any atom is 0.263 e. The highest BCUT2D eigenvalue weighted by Crippen LogP contribution is 2.28. The van der Waals surface area contributed by atoms with Gasteiger partial charge in [0, 0.05) is 23.1 Å². The minimum absolute atomic E-state index is 0.00257. The van der Waals surface area contributed by atoms with Crippen molar-refractivity contribution >= 4 is 21.8 Å². The van der Waals surface area contributed by atoms with Crippen LogP contribution in [-0.2, 0) is 11.3 Å². The number of halogens is 1. The Morgan fingerprint density at radius 2 is 2.41 bits per heavy atom. The van der Waals surface area contributed by atoms with Crippen LogP contribution in [-0.4, -0.2) is 23.5 Å². The molecule has 2 rings (SSSR count). The molecule has 0 aliphatic carbocycles. The predicted octanol–water partition coefficient (Wildman–Crippen LogP) is 2.74. The van der Waals surface area contributed by atoms with E-state index in [1.54, 1.807) is 17.9 Å². The molecule has 90 valence electrons. The van der Waals surface area contributed by atoms with Crippen LogP contribution in [0, 0.1) is 0 Å². The van der Waals surface area contributed by atoms with E-state index in [1.807, 2.05) is 18.2 Å². The van der Waals surface area contributed by atoms with Crippen LogP contribution in [0.15, 0.2) is 35.3 Å². The zero-order chi connectivity index (χ0) is 12.4. The minimum Gasteiger partial charge on any atom is -0.481 e. The normalized spacial score (nSPS) is 19.3. The summed E-state index contributed by atoms with van der Waals surface area (Å²) in [4.78, 5) is 13.8. The molecule has 0 saturated carbocycles. The zero-order valence-electron chi connectivity index (χ0n) is 9.65. The number of carbonyl (C=O) groups excluding carboxylic acids is 1. The van der Waals surface area contributed by atoms with Gasteiger partial charge in [0.25, 0.3) is 5.91 Å². The van der Waals surface area contributed by atoms with E-state index < -0.39 is 6.10 Å². The van der Waals surface area contributed by atoms with Crippen LogP contribution in [0.1, 0.15) is 12.5 Å². The molecule has 0 radical (unpaired) electrons. The summed E-state index contributed by atoms with van der Waals surface area (Å²) in [6.45, 7) is 6.55. The fraction of sp³-hybridized carbons (Fsp3) is 0.308. The topological polar surface area (TPSA) is 29.5 Å². The Hall–Kier alpha value is -1.29. The molecule has 1 aliphatic rings. The standard InChI is InChI=1S/C13H14BrNO2/c1-3-6-15-8-10-7-11(14)4-5-12(10)17-9(2)13(15)16/h3-5,7,9H,1,6,8H2,2H3. The molecule has 0 saturated heterocycles. The molecule has 0 N–H and O–H groups in total. The van der Waals surface area contributed by atoms with Gasteiger partial charge in [-0.25, -0.2) is 0 Å². The Labute approximate surface area is 109 Å². The molecule has 1 heterocycles. The summed E-state index contributed by atoms with van der Waals surface area (Å²) >= 11 is 3.43. The van der Waals surface area contributed by atoms with Crippen molar-refractivity contribution in [2.24, 2.45) is 0 Å². The van der Waals surface area contributed by atoms with Crippen LogP contribution < -0.4 is 4.74 Å². The Bertz CT molecular complexity index is 459. The van der Waals surface area contributed by atoms with Crippen molar-refractivity contribution in [2.45, 2.75) is 19.6 Å². The van der Waals surface area contributed by atoms with Gasteiger partial charge in [0.2, 0.25) is 0 Å². The summed E-state index contributed by atoms with van der Waals surface area (Å²) in [7, 11) is 0. The smallest absolute Gasteiger partial charge is 0.263 e. The number of ether oxygens (including phenoxy) is 1. The molecule has 4 heteroatoms. The van der Waals surface area contributed by atoms with E-state index in [9.17, 15) is 4.79 Å². The van der Waals surface area contributed by atoms with Gasteiger partial charge in [-0.05, 0) is 25.1 Å². The van der Waals surface area contributed by atoms with E-state index >= 15 is 0 Å². The van der Waals surface area contributed by atoms with Gasteiger partial charge >= 0.3 is 0 Å². The monoisotopic (exact) mass is 295 g/mol. The van der Waals surface area contributed by atoms with Gasteiger partial charge in [-0.2, -0.15) is 0 Å². The first-order valence-corrected chi connectivity index (χ1v) is 6.26. The van der Waals surface area contributed by atoms with Crippen LogP contribution >= 0.6 is 15.9 Å². The highest BCUT2D eigenvalue weighted by molar-refractivity contribution is 9.10. The minimum atomic E-state index is -0.447. The fourth-order valence-corrected chi connectivity index (χ4v) is 2.29. The fourth-order valence-electron chi connectivity index (χ4n) is 1.88. The second kappa shape index (κ2) is 4.92. The zero-order valence-corrected chi connectivity index (χ0v) is 11.2. The van der Waals surface area contributed by atoms with Crippen LogP contribution in [0.5, 0.6) is 5.75 Å². The Kier molecular flexibility index (Phi) is 3.52. The van der Waals surface area contributed by atoms with E-state index in [2.05, 4.69) is 22.5 Å². The van der Waals surface area contributed by atoms with Crippen molar-refractivity contribution in [3.63, 3.8) is 0 Å². The van der Waals surface area contributed by atoms with Gasteiger partial charge < -0.3 is 9.64 Å². The maximum absolute atomic E-state index is 12.0. The average Bonchev–Trinajstić information content (AvgIpc) is 2.40. The van der Waals surface area contributed by atoms with Crippen molar-refractivity contribution in [1.29, 1.82) is 0 Å². The molecule has 1 aromatic rings. The molecule has 0 bridgehead atoms. The first-order chi connectivity index (χ1) is 8.11. The Morgan fingerprint density at radius 1 is 1.65 bits per heavy atom. The summed E-state index contributed by atoms with van der Waals surface area (Å²) in [5, 5.41) is 0. The van der Waals surface area contributed by atoms with Gasteiger partial charge in [0.15, 0.2) is 6.10 Å². The van der Waals surface area contributed by atoms with E-state index in [4.69, 9.17) is 4.74 Å². The summed E-state index contributed by atoms with van der Waals surface area (Å²) in [6, 6.07) is 5.79. The molecule has 0 spiro atoms. The number of hydrogen-bond acceptors (Lipinski definition) is 2. The summed E-state index contributed by atoms with van der Waals surface area (Å²) < 4.78 is 6.64. The van der Waals surface area contributed by atoms with E-state index in [0.717, 1.165) is 15.8 Å². The lowest BCUT2D eigenvalue weighted by molar-refractivity contribution is -0.137. The lowest BCUT2D eigenvalue weighted by atomic mass is 10.2. The second-order valence-electron chi connectivity index (χ2n) is 4.02. The van der Waals surface area contributed by atoms with Crippen LogP contribution in [0.4, 0.5) is 0 Å². The van der Waals surface area contributed by atoms with E-state index in [0.29, 0.717) is 13.1 Å². The van der Waals surface area contributed by atoms with Crippen molar-refractivity contribution in [3.8, 4) is 5.75 Å². The summed E-state index contributed by atoms with van der Waals surface area (Å²) in [5.74, 6) is 0.776. The molecule has 1 aliphatic heterocycles. The molecule has 1 aromatic carbocycles. The molecule has 1 atom stereocenters. The first kappa shape index (κ1) is 12.2. The Morgan fingerprint density at radius 3 is 3.12 bits per heavy atom. The quantitative estimate of drug-likeness (QED) is 0.785. The second-order valence-corrected chi connectivity index (χ2v) is 4.94. The first-order valence-electron chi connectivity index (χ1n) is 5.46. The van der Waals surface area contributed by atoms with Crippen molar-refractivity contribution in [3.05, 3.63) is 40.9 Å². The lowest BCUT2D eigenvalue weighted by Crippen LogP contribution is -2.37. The van der Waals surface area contributed by atoms with Gasteiger partial charge in [-0.15, -0.1) is 6.58 Å². The number of rotatable bonds is 2. The third kappa shape index (κ3) is 2.52. The number of carbonyl (C=O) groups is 1. The highest BCUT2D eigenvalue weighted by Gasteiger charge is 2.26. The molecule has 17 heavy (non-hydrogen) atoms. The molecule has 1 amide bonds. The van der Waals surface area contributed by atoms with Crippen molar-refractivity contribution in [1.82, 2.24) is 4.90 Å².